The number of hydrogen-bond donors (Lipinski definition) is 1. The number of anilines is 1. The number of carbonyl (C=O) groups excluding carboxylic acids is 6. The van der Waals surface area contributed by atoms with E-state index in [4.69, 9.17) is 18.6 Å². The third-order valence-electron chi connectivity index (χ3n) is 20.9. The summed E-state index contributed by atoms with van der Waals surface area (Å²) < 4.78 is 24.0. The van der Waals surface area contributed by atoms with Gasteiger partial charge in [0.25, 0.3) is 11.6 Å². The van der Waals surface area contributed by atoms with Crippen LogP contribution in [0.4, 0.5) is 11.4 Å². The molecule has 1 unspecified atom stereocenters. The number of ether oxygens (including phenoxy) is 3. The number of esters is 3. The van der Waals surface area contributed by atoms with Crippen molar-refractivity contribution < 1.29 is 57.4 Å². The number of nitro benzene ring substituents is 1. The van der Waals surface area contributed by atoms with Gasteiger partial charge in [0.2, 0.25) is 5.43 Å². The number of non-ortho nitro benzene ring substituents is 1. The molecule has 1 amide bonds. The molecule has 1 aliphatic heterocycles. The van der Waals surface area contributed by atoms with Crippen LogP contribution in [0.5, 0.6) is 17.2 Å². The second-order valence-corrected chi connectivity index (χ2v) is 29.1. The summed E-state index contributed by atoms with van der Waals surface area (Å²) >= 11 is 3.44. The van der Waals surface area contributed by atoms with E-state index in [1.54, 1.807) is 0 Å². The highest BCUT2D eigenvalue weighted by molar-refractivity contribution is 9.10. The first-order valence-corrected chi connectivity index (χ1v) is 34.1. The van der Waals surface area contributed by atoms with Gasteiger partial charge in [-0.1, -0.05) is 148 Å². The van der Waals surface area contributed by atoms with E-state index in [0.717, 1.165) is 120 Å². The van der Waals surface area contributed by atoms with Crippen molar-refractivity contribution in [1.29, 1.82) is 0 Å². The molecule has 16 nitrogen and oxygen atoms in total. The summed E-state index contributed by atoms with van der Waals surface area (Å²) in [6, 6.07) is 46.5. The van der Waals surface area contributed by atoms with E-state index in [-0.39, 0.29) is 51.5 Å². The smallest absolute Gasteiger partial charge is 0.308 e. The highest BCUT2D eigenvalue weighted by Crippen LogP contribution is 2.60. The number of aryl methyl sites for hydroxylation is 3. The van der Waals surface area contributed by atoms with Crippen molar-refractivity contribution in [2.45, 2.75) is 106 Å². The molecule has 4 aliphatic carbocycles. The average Bonchev–Trinajstić information content (AvgIpc) is 1.54. The molecule has 17 heteroatoms. The van der Waals surface area contributed by atoms with Crippen molar-refractivity contribution in [1.82, 2.24) is 0 Å². The first-order chi connectivity index (χ1) is 48.4. The van der Waals surface area contributed by atoms with Gasteiger partial charge in [0, 0.05) is 97.7 Å². The molecule has 0 radical (unpaired) electrons. The van der Waals surface area contributed by atoms with E-state index in [2.05, 4.69) is 63.5 Å². The largest absolute Gasteiger partial charge is 0.455 e. The Bertz CT molecular complexity index is 6010. The third-order valence-corrected chi connectivity index (χ3v) is 21.4. The van der Waals surface area contributed by atoms with Gasteiger partial charge in [-0.15, -0.1) is 0 Å². The van der Waals surface area contributed by atoms with Crippen molar-refractivity contribution >= 4 is 117 Å². The molecule has 17 rings (SSSR count). The maximum absolute atomic E-state index is 13.7. The normalized spacial score (nSPS) is 15.5. The maximum Gasteiger partial charge on any atom is 0.308 e. The lowest BCUT2D eigenvalue weighted by Gasteiger charge is -2.24. The molecule has 0 saturated carbocycles. The number of rotatable bonds is 5. The highest BCUT2D eigenvalue weighted by Gasteiger charge is 2.48. The summed E-state index contributed by atoms with van der Waals surface area (Å²) in [5.74, 6) is -0.168. The molecule has 1 atom stereocenters. The number of halogens is 1. The molecule has 0 spiro atoms. The fourth-order valence-corrected chi connectivity index (χ4v) is 16.6. The van der Waals surface area contributed by atoms with Crippen LogP contribution in [-0.4, -0.2) is 45.4 Å². The summed E-state index contributed by atoms with van der Waals surface area (Å²) in [5, 5.41) is 28.7. The van der Waals surface area contributed by atoms with Crippen LogP contribution in [0.25, 0.3) is 87.6 Å². The van der Waals surface area contributed by atoms with Crippen LogP contribution < -0.4 is 24.5 Å². The zero-order valence-corrected chi connectivity index (χ0v) is 59.3. The Hall–Kier alpha value is -11.5. The predicted molar refractivity (Wildman–Crippen MR) is 397 cm³/mol. The number of hydrogen-bond acceptors (Lipinski definition) is 14. The summed E-state index contributed by atoms with van der Waals surface area (Å²) in [6.45, 7) is 22.5. The molecule has 1 aromatic heterocycles. The highest BCUT2D eigenvalue weighted by atomic mass is 79.9. The molecule has 0 fully saturated rings. The fraction of sp³-hybridized carbons (Fsp3) is 0.188. The number of ketones is 2. The molecule has 0 bridgehead atoms. The van der Waals surface area contributed by atoms with E-state index in [1.165, 1.54) is 56.0 Å². The first kappa shape index (κ1) is 66.4. The fourth-order valence-electron chi connectivity index (χ4n) is 16.3. The van der Waals surface area contributed by atoms with Gasteiger partial charge in [-0.05, 0) is 176 Å². The molecule has 1 N–H and O–H groups in total. The summed E-state index contributed by atoms with van der Waals surface area (Å²) in [7, 11) is 0. The number of nitrogens with zero attached hydrogens (tertiary/aromatic N) is 2. The molecule has 2 heterocycles. The van der Waals surface area contributed by atoms with Crippen LogP contribution in [-0.2, 0) is 30.6 Å². The van der Waals surface area contributed by atoms with E-state index >= 15 is 0 Å². The first-order valence-electron chi connectivity index (χ1n) is 33.3. The SMILES string of the molecule is CC(=O)Oc1cc2c(c3ccccc13)-c1c(cc(C)c3c(=O)c4cc([N+](=O)[O-])ccc4oc13)C2(C)C.CC(=O)Oc1cc2c(c3ccccc13)-c1c(cc(C)c3c1C(=O)C=CC3=O)C2(C)C.CC(=O)Oc1cc2c(c3ccccc13)-c1c(cc(C)c3c1C(O)N(c1ccc(Br)cc1)C3=O)C2(C)C. The number of carbonyl (C=O) groups is 6. The summed E-state index contributed by atoms with van der Waals surface area (Å²) in [5.41, 5.74) is 15.5. The maximum atomic E-state index is 13.7. The number of aliphatic hydroxyl groups is 1. The van der Waals surface area contributed by atoms with Gasteiger partial charge in [0.15, 0.2) is 17.8 Å². The van der Waals surface area contributed by atoms with E-state index < -0.39 is 33.4 Å². The minimum Gasteiger partial charge on any atom is -0.455 e. The van der Waals surface area contributed by atoms with Gasteiger partial charge in [-0.25, -0.2) is 0 Å². The molecular weight excluding hydrogens is 1350 g/mol. The van der Waals surface area contributed by atoms with E-state index in [0.29, 0.717) is 56.2 Å². The minimum absolute atomic E-state index is 0.142. The van der Waals surface area contributed by atoms with Crippen LogP contribution in [0.3, 0.4) is 0 Å². The second kappa shape index (κ2) is 23.5. The van der Waals surface area contributed by atoms with Crippen molar-refractivity contribution in [2.24, 2.45) is 0 Å². The standard InChI is InChI=1S/C30H24BrNO4.C29H21NO6.C26H20O4/c1-15-13-21-26(27-24(15)28(34)32(29(27)35)18-11-9-17(31)10-12-18)25-20-8-6-5-7-19(20)23(36-16(2)33)14-22(25)30(21,3)4;1-14-11-20-26(28-24(14)27(32)19-12-16(30(33)34)9-10-22(19)36-28)25-18-8-6-5-7-17(18)23(35-15(2)31)13-21(25)29(20,3)4;1-13-11-17-24(25-20(29)10-9-19(28)22(13)25)23-16-8-6-5-7-15(16)21(30-14(2)27)12-18(23)26(17,3)4/h5-14,29,35H,1-4H3;5-13H,1-4H3;5-12H,1-4H3. The van der Waals surface area contributed by atoms with Gasteiger partial charge < -0.3 is 23.7 Å². The average molecular weight is 1420 g/mol. The Labute approximate surface area is 593 Å². The lowest BCUT2D eigenvalue weighted by molar-refractivity contribution is -0.384. The van der Waals surface area contributed by atoms with Crippen molar-refractivity contribution in [3.8, 4) is 50.6 Å². The minimum atomic E-state index is -1.13. The van der Waals surface area contributed by atoms with Crippen LogP contribution in [0.15, 0.2) is 177 Å². The van der Waals surface area contributed by atoms with Gasteiger partial charge in [-0.3, -0.25) is 48.6 Å². The summed E-state index contributed by atoms with van der Waals surface area (Å²) in [4.78, 5) is 101. The number of aliphatic hydroxyl groups excluding tert-OH is 1. The molecule has 506 valence electrons. The number of benzene rings is 11. The zero-order valence-electron chi connectivity index (χ0n) is 57.7. The lowest BCUT2D eigenvalue weighted by atomic mass is 9.79. The quantitative estimate of drug-likeness (QED) is 0.0556. The summed E-state index contributed by atoms with van der Waals surface area (Å²) in [6.07, 6.45) is 1.59. The Morgan fingerprint density at radius 3 is 1.35 bits per heavy atom. The molecular formula is C85H65BrN2O14. The van der Waals surface area contributed by atoms with Gasteiger partial charge in [0.1, 0.15) is 28.4 Å². The van der Waals surface area contributed by atoms with Crippen LogP contribution in [0.2, 0.25) is 0 Å². The Balaban J connectivity index is 0.000000124. The number of nitro groups is 1. The zero-order chi connectivity index (χ0) is 72.4. The number of fused-ring (bicyclic) bond motifs is 22. The van der Waals surface area contributed by atoms with Crippen LogP contribution >= 0.6 is 15.9 Å². The van der Waals surface area contributed by atoms with Gasteiger partial charge >= 0.3 is 17.9 Å². The number of amides is 1. The van der Waals surface area contributed by atoms with Crippen LogP contribution in [0.1, 0.15) is 155 Å². The van der Waals surface area contributed by atoms with Crippen LogP contribution in [0, 0.1) is 30.9 Å². The molecule has 11 aromatic carbocycles. The van der Waals surface area contributed by atoms with Crippen molar-refractivity contribution in [3.63, 3.8) is 0 Å². The number of allylic oxidation sites excluding steroid dienone is 2. The van der Waals surface area contributed by atoms with E-state index in [1.807, 2.05) is 148 Å². The molecule has 0 saturated heterocycles. The van der Waals surface area contributed by atoms with E-state index in [9.17, 15) is 48.8 Å². The third kappa shape index (κ3) is 9.90. The second-order valence-electron chi connectivity index (χ2n) is 28.2. The van der Waals surface area contributed by atoms with Gasteiger partial charge in [-0.2, -0.15) is 0 Å². The molecule has 12 aromatic rings. The molecule has 5 aliphatic rings. The molecule has 102 heavy (non-hydrogen) atoms. The Kier molecular flexibility index (Phi) is 15.3. The van der Waals surface area contributed by atoms with Crippen molar-refractivity contribution in [3.05, 3.63) is 261 Å². The lowest BCUT2D eigenvalue weighted by Crippen LogP contribution is -2.27. The topological polar surface area (TPSA) is 227 Å². The van der Waals surface area contributed by atoms with Crippen molar-refractivity contribution in [2.75, 3.05) is 4.90 Å². The Morgan fingerprint density at radius 1 is 0.480 bits per heavy atom. The predicted octanol–water partition coefficient (Wildman–Crippen LogP) is 18.7. The monoisotopic (exact) mass is 1420 g/mol. The Morgan fingerprint density at radius 2 is 0.882 bits per heavy atom. The van der Waals surface area contributed by atoms with Gasteiger partial charge in [0.05, 0.1) is 21.3 Å².